The van der Waals surface area contributed by atoms with E-state index in [9.17, 15) is 5.11 Å². The quantitative estimate of drug-likeness (QED) is 0.767. The van der Waals surface area contributed by atoms with Crippen molar-refractivity contribution in [2.24, 2.45) is 0 Å². The summed E-state index contributed by atoms with van der Waals surface area (Å²) in [6, 6.07) is 7.24. The molecule has 3 heterocycles. The minimum absolute atomic E-state index is 0.162. The molecular formula is C15H15N5O. The molecule has 0 atom stereocenters. The lowest BCUT2D eigenvalue weighted by Crippen LogP contribution is -2.07. The summed E-state index contributed by atoms with van der Waals surface area (Å²) in [7, 11) is 0. The van der Waals surface area contributed by atoms with Gasteiger partial charge in [-0.3, -0.25) is 9.55 Å². The molecule has 0 saturated heterocycles. The van der Waals surface area contributed by atoms with Crippen LogP contribution in [0, 0.1) is 6.92 Å². The maximum Gasteiger partial charge on any atom is 0.161 e. The highest BCUT2D eigenvalue weighted by molar-refractivity contribution is 5.57. The number of pyridine rings is 2. The van der Waals surface area contributed by atoms with Crippen molar-refractivity contribution in [1.82, 2.24) is 19.5 Å². The summed E-state index contributed by atoms with van der Waals surface area (Å²) in [5.74, 6) is 1.83. The fourth-order valence-electron chi connectivity index (χ4n) is 2.04. The molecule has 3 aromatic heterocycles. The van der Waals surface area contributed by atoms with Crippen LogP contribution in [-0.4, -0.2) is 24.6 Å². The van der Waals surface area contributed by atoms with Gasteiger partial charge in [-0.25, -0.2) is 9.97 Å². The average molecular weight is 281 g/mol. The second-order valence-electron chi connectivity index (χ2n) is 4.58. The van der Waals surface area contributed by atoms with Crippen LogP contribution < -0.4 is 5.32 Å². The molecule has 3 rings (SSSR count). The highest BCUT2D eigenvalue weighted by Crippen LogP contribution is 2.19. The average Bonchev–Trinajstić information content (AvgIpc) is 2.93. The van der Waals surface area contributed by atoms with Gasteiger partial charge in [0.15, 0.2) is 5.82 Å². The van der Waals surface area contributed by atoms with E-state index in [2.05, 4.69) is 20.3 Å². The lowest BCUT2D eigenvalue weighted by molar-refractivity contribution is 0.472. The number of imidazole rings is 1. The molecule has 0 aliphatic carbocycles. The van der Waals surface area contributed by atoms with E-state index in [1.807, 2.05) is 29.8 Å². The summed E-state index contributed by atoms with van der Waals surface area (Å²) in [5, 5.41) is 12.5. The van der Waals surface area contributed by atoms with Gasteiger partial charge in [-0.05, 0) is 31.2 Å². The van der Waals surface area contributed by atoms with Gasteiger partial charge in [0.1, 0.15) is 11.6 Å². The van der Waals surface area contributed by atoms with Crippen molar-refractivity contribution in [1.29, 1.82) is 0 Å². The normalized spacial score (nSPS) is 10.5. The van der Waals surface area contributed by atoms with E-state index in [1.54, 1.807) is 24.5 Å². The zero-order valence-electron chi connectivity index (χ0n) is 11.6. The predicted molar refractivity (Wildman–Crippen MR) is 79.3 cm³/mol. The summed E-state index contributed by atoms with van der Waals surface area (Å²) >= 11 is 0. The fourth-order valence-corrected chi connectivity index (χ4v) is 2.04. The minimum atomic E-state index is 0.162. The molecule has 0 aromatic carbocycles. The molecule has 0 aliphatic heterocycles. The van der Waals surface area contributed by atoms with Crippen molar-refractivity contribution in [3.05, 3.63) is 60.6 Å². The Bertz CT molecular complexity index is 736. The first-order chi connectivity index (χ1) is 10.2. The summed E-state index contributed by atoms with van der Waals surface area (Å²) in [6.45, 7) is 2.48. The number of rotatable bonds is 4. The number of hydrogen-bond acceptors (Lipinski definition) is 5. The van der Waals surface area contributed by atoms with Gasteiger partial charge in [-0.2, -0.15) is 0 Å². The molecule has 0 bridgehead atoms. The number of aromatic hydroxyl groups is 1. The van der Waals surface area contributed by atoms with Crippen molar-refractivity contribution in [2.45, 2.75) is 13.5 Å². The number of aromatic nitrogens is 4. The van der Waals surface area contributed by atoms with E-state index < -0.39 is 0 Å². The van der Waals surface area contributed by atoms with E-state index in [4.69, 9.17) is 0 Å². The third-order valence-electron chi connectivity index (χ3n) is 3.11. The molecule has 0 aliphatic rings. The van der Waals surface area contributed by atoms with E-state index in [0.29, 0.717) is 6.54 Å². The smallest absolute Gasteiger partial charge is 0.161 e. The molecule has 0 radical (unpaired) electrons. The van der Waals surface area contributed by atoms with Crippen LogP contribution in [0.1, 0.15) is 11.5 Å². The Morgan fingerprint density at radius 1 is 1.14 bits per heavy atom. The lowest BCUT2D eigenvalue weighted by atomic mass is 10.3. The van der Waals surface area contributed by atoms with Crippen LogP contribution >= 0.6 is 0 Å². The topological polar surface area (TPSA) is 75.9 Å². The summed E-state index contributed by atoms with van der Waals surface area (Å²) in [4.78, 5) is 12.8. The van der Waals surface area contributed by atoms with Crippen LogP contribution in [0.25, 0.3) is 5.82 Å². The SMILES string of the molecule is Cc1nccn1-c1ncccc1NCc1ccc(O)cn1. The molecule has 0 fully saturated rings. The zero-order chi connectivity index (χ0) is 14.7. The lowest BCUT2D eigenvalue weighted by Gasteiger charge is -2.12. The molecule has 6 nitrogen and oxygen atoms in total. The predicted octanol–water partition coefficient (Wildman–Crippen LogP) is 2.29. The Morgan fingerprint density at radius 2 is 2.05 bits per heavy atom. The van der Waals surface area contributed by atoms with E-state index in [0.717, 1.165) is 23.0 Å². The van der Waals surface area contributed by atoms with Gasteiger partial charge in [-0.1, -0.05) is 0 Å². The second kappa shape index (κ2) is 5.62. The molecule has 6 heteroatoms. The minimum Gasteiger partial charge on any atom is -0.506 e. The first-order valence-corrected chi connectivity index (χ1v) is 6.57. The van der Waals surface area contributed by atoms with Crippen LogP contribution in [0.5, 0.6) is 5.75 Å². The van der Waals surface area contributed by atoms with Crippen molar-refractivity contribution in [3.8, 4) is 11.6 Å². The van der Waals surface area contributed by atoms with Crippen LogP contribution in [0.3, 0.4) is 0 Å². The Labute approximate surface area is 122 Å². The van der Waals surface area contributed by atoms with Crippen LogP contribution in [0.4, 0.5) is 5.69 Å². The molecule has 0 unspecified atom stereocenters. The first kappa shape index (κ1) is 13.1. The van der Waals surface area contributed by atoms with E-state index >= 15 is 0 Å². The highest BCUT2D eigenvalue weighted by atomic mass is 16.3. The monoisotopic (exact) mass is 281 g/mol. The van der Waals surface area contributed by atoms with Gasteiger partial charge in [0.05, 0.1) is 24.1 Å². The first-order valence-electron chi connectivity index (χ1n) is 6.57. The van der Waals surface area contributed by atoms with Crippen molar-refractivity contribution < 1.29 is 5.11 Å². The highest BCUT2D eigenvalue weighted by Gasteiger charge is 2.07. The van der Waals surface area contributed by atoms with Crippen LogP contribution in [-0.2, 0) is 6.54 Å². The Balaban J connectivity index is 1.83. The molecule has 0 saturated carbocycles. The summed E-state index contributed by atoms with van der Waals surface area (Å²) in [5.41, 5.74) is 1.73. The molecule has 3 aromatic rings. The Kier molecular flexibility index (Phi) is 3.51. The molecule has 0 spiro atoms. The van der Waals surface area contributed by atoms with Gasteiger partial charge in [0.25, 0.3) is 0 Å². The van der Waals surface area contributed by atoms with Gasteiger partial charge in [-0.15, -0.1) is 0 Å². The standard InChI is InChI=1S/C15H15N5O/c1-11-16-7-8-20(11)15-14(3-2-6-17-15)19-9-12-4-5-13(21)10-18-12/h2-8,10,19,21H,9H2,1H3. The zero-order valence-corrected chi connectivity index (χ0v) is 11.6. The van der Waals surface area contributed by atoms with Gasteiger partial charge in [0.2, 0.25) is 0 Å². The third kappa shape index (κ3) is 2.84. The number of nitrogens with one attached hydrogen (secondary N) is 1. The number of aryl methyl sites for hydroxylation is 1. The van der Waals surface area contributed by atoms with Crippen LogP contribution in [0.15, 0.2) is 49.1 Å². The molecule has 2 N–H and O–H groups in total. The van der Waals surface area contributed by atoms with Crippen LogP contribution in [0.2, 0.25) is 0 Å². The van der Waals surface area contributed by atoms with Gasteiger partial charge in [0, 0.05) is 18.6 Å². The molecule has 0 amide bonds. The van der Waals surface area contributed by atoms with Gasteiger partial charge < -0.3 is 10.4 Å². The number of anilines is 1. The molecular weight excluding hydrogens is 266 g/mol. The van der Waals surface area contributed by atoms with Gasteiger partial charge >= 0.3 is 0 Å². The second-order valence-corrected chi connectivity index (χ2v) is 4.58. The molecule has 106 valence electrons. The Morgan fingerprint density at radius 3 is 2.76 bits per heavy atom. The van der Waals surface area contributed by atoms with E-state index in [-0.39, 0.29) is 5.75 Å². The fraction of sp³-hybridized carbons (Fsp3) is 0.133. The summed E-state index contributed by atoms with van der Waals surface area (Å²) < 4.78 is 1.92. The van der Waals surface area contributed by atoms with Crippen molar-refractivity contribution in [3.63, 3.8) is 0 Å². The maximum atomic E-state index is 9.24. The van der Waals surface area contributed by atoms with E-state index in [1.165, 1.54) is 6.20 Å². The third-order valence-corrected chi connectivity index (χ3v) is 3.11. The largest absolute Gasteiger partial charge is 0.506 e. The number of nitrogens with zero attached hydrogens (tertiary/aromatic N) is 4. The van der Waals surface area contributed by atoms with Crippen molar-refractivity contribution >= 4 is 5.69 Å². The molecule has 21 heavy (non-hydrogen) atoms. The van der Waals surface area contributed by atoms with Crippen molar-refractivity contribution in [2.75, 3.05) is 5.32 Å². The maximum absolute atomic E-state index is 9.24. The number of hydrogen-bond donors (Lipinski definition) is 2. The summed E-state index contributed by atoms with van der Waals surface area (Å²) in [6.07, 6.45) is 6.80. The Hall–Kier alpha value is -2.89.